The Bertz CT molecular complexity index is 1090. The lowest BCUT2D eigenvalue weighted by atomic mass is 10.1. The Hall–Kier alpha value is -3.46. The van der Waals surface area contributed by atoms with Gasteiger partial charge < -0.3 is 19.5 Å². The maximum Gasteiger partial charge on any atom is 0.234 e. The van der Waals surface area contributed by atoms with Crippen LogP contribution in [0.15, 0.2) is 54.2 Å². The lowest BCUT2D eigenvalue weighted by Gasteiger charge is -2.14. The van der Waals surface area contributed by atoms with Crippen LogP contribution in [0.2, 0.25) is 0 Å². The molecular weight excluding hydrogens is 440 g/mol. The van der Waals surface area contributed by atoms with Crippen LogP contribution in [-0.2, 0) is 17.8 Å². The van der Waals surface area contributed by atoms with E-state index in [0.29, 0.717) is 34.8 Å². The normalized spacial score (nSPS) is 10.5. The van der Waals surface area contributed by atoms with E-state index in [1.807, 2.05) is 41.0 Å². The number of nitrogens with zero attached hydrogens (tertiary/aromatic N) is 3. The number of nitrogens with one attached hydrogen (secondary N) is 1. The van der Waals surface area contributed by atoms with Crippen molar-refractivity contribution in [3.8, 4) is 28.6 Å². The number of methoxy groups -OCH3 is 3. The van der Waals surface area contributed by atoms with Crippen molar-refractivity contribution in [2.45, 2.75) is 25.0 Å². The molecule has 0 saturated carbocycles. The molecule has 0 radical (unpaired) electrons. The highest BCUT2D eigenvalue weighted by Crippen LogP contribution is 2.41. The number of hydrogen-bond donors (Lipinski definition) is 1. The van der Waals surface area contributed by atoms with E-state index in [2.05, 4.69) is 29.0 Å². The van der Waals surface area contributed by atoms with Gasteiger partial charge in [0.2, 0.25) is 11.7 Å². The molecule has 33 heavy (non-hydrogen) atoms. The molecule has 2 aromatic carbocycles. The summed E-state index contributed by atoms with van der Waals surface area (Å²) in [5, 5.41) is 12.2. The molecule has 0 spiro atoms. The number of aromatic nitrogens is 3. The van der Waals surface area contributed by atoms with E-state index in [-0.39, 0.29) is 11.7 Å². The highest BCUT2D eigenvalue weighted by Gasteiger charge is 2.20. The Morgan fingerprint density at radius 3 is 2.30 bits per heavy atom. The van der Waals surface area contributed by atoms with E-state index in [1.54, 1.807) is 27.4 Å². The van der Waals surface area contributed by atoms with Crippen molar-refractivity contribution in [3.63, 3.8) is 0 Å². The molecule has 1 N–H and O–H groups in total. The van der Waals surface area contributed by atoms with Gasteiger partial charge in [-0.25, -0.2) is 0 Å². The zero-order valence-corrected chi connectivity index (χ0v) is 20.1. The second-order valence-electron chi connectivity index (χ2n) is 7.01. The van der Waals surface area contributed by atoms with Crippen molar-refractivity contribution >= 4 is 23.4 Å². The molecule has 0 unspecified atom stereocenters. The fourth-order valence-electron chi connectivity index (χ4n) is 3.26. The number of benzene rings is 2. The fraction of sp³-hybridized carbons (Fsp3) is 0.292. The maximum absolute atomic E-state index is 12.5. The van der Waals surface area contributed by atoms with E-state index in [0.717, 1.165) is 17.7 Å². The summed E-state index contributed by atoms with van der Waals surface area (Å²) in [7, 11) is 4.68. The molecule has 3 aromatic rings. The second kappa shape index (κ2) is 11.4. The molecular formula is C24H28N4O4S. The number of hydrogen-bond acceptors (Lipinski definition) is 7. The molecule has 1 heterocycles. The third-order valence-corrected chi connectivity index (χ3v) is 5.90. The van der Waals surface area contributed by atoms with Crippen LogP contribution in [0, 0.1) is 0 Å². The number of aryl methyl sites for hydroxylation is 1. The lowest BCUT2D eigenvalue weighted by Crippen LogP contribution is -2.14. The standard InChI is InChI=1S/C24H28N4O4S/c1-6-12-28-23(17-13-19(30-3)22(32-5)20(14-17)31-4)26-27-24(28)33-15-21(29)25-18-10-8-16(7-2)9-11-18/h6,8-11,13-14H,1,7,12,15H2,2-5H3,(H,25,29). The van der Waals surface area contributed by atoms with E-state index >= 15 is 0 Å². The summed E-state index contributed by atoms with van der Waals surface area (Å²) in [4.78, 5) is 12.5. The summed E-state index contributed by atoms with van der Waals surface area (Å²) >= 11 is 1.31. The molecule has 0 aliphatic heterocycles. The number of carbonyl (C=O) groups excluding carboxylic acids is 1. The largest absolute Gasteiger partial charge is 0.493 e. The van der Waals surface area contributed by atoms with Gasteiger partial charge in [0.1, 0.15) is 0 Å². The Labute approximate surface area is 198 Å². The van der Waals surface area contributed by atoms with Crippen LogP contribution >= 0.6 is 11.8 Å². The first-order chi connectivity index (χ1) is 16.0. The monoisotopic (exact) mass is 468 g/mol. The van der Waals surface area contributed by atoms with Crippen molar-refractivity contribution in [2.24, 2.45) is 0 Å². The average Bonchev–Trinajstić information content (AvgIpc) is 3.24. The fourth-order valence-corrected chi connectivity index (χ4v) is 4.01. The molecule has 0 aliphatic carbocycles. The predicted octanol–water partition coefficient (Wildman–Crippen LogP) is 4.45. The predicted molar refractivity (Wildman–Crippen MR) is 130 cm³/mol. The Balaban J connectivity index is 1.80. The molecule has 0 atom stereocenters. The lowest BCUT2D eigenvalue weighted by molar-refractivity contribution is -0.113. The molecule has 0 bridgehead atoms. The third kappa shape index (κ3) is 5.67. The van der Waals surface area contributed by atoms with Gasteiger partial charge in [-0.15, -0.1) is 16.8 Å². The van der Waals surface area contributed by atoms with Gasteiger partial charge in [-0.3, -0.25) is 9.36 Å². The minimum atomic E-state index is -0.119. The number of rotatable bonds is 11. The summed E-state index contributed by atoms with van der Waals surface area (Å²) in [6, 6.07) is 11.5. The summed E-state index contributed by atoms with van der Waals surface area (Å²) < 4.78 is 18.2. The highest BCUT2D eigenvalue weighted by atomic mass is 32.2. The van der Waals surface area contributed by atoms with Crippen LogP contribution in [0.3, 0.4) is 0 Å². The maximum atomic E-state index is 12.5. The first-order valence-electron chi connectivity index (χ1n) is 10.4. The molecule has 9 heteroatoms. The SMILES string of the molecule is C=CCn1c(SCC(=O)Nc2ccc(CC)cc2)nnc1-c1cc(OC)c(OC)c(OC)c1. The van der Waals surface area contributed by atoms with Crippen molar-refractivity contribution in [1.82, 2.24) is 14.8 Å². The van der Waals surface area contributed by atoms with Gasteiger partial charge >= 0.3 is 0 Å². The van der Waals surface area contributed by atoms with Crippen LogP contribution in [0.4, 0.5) is 5.69 Å². The van der Waals surface area contributed by atoms with Gasteiger partial charge in [-0.1, -0.05) is 36.9 Å². The van der Waals surface area contributed by atoms with Gasteiger partial charge in [-0.2, -0.15) is 0 Å². The number of amides is 1. The number of allylic oxidation sites excluding steroid dienone is 1. The zero-order chi connectivity index (χ0) is 23.8. The van der Waals surface area contributed by atoms with Crippen LogP contribution in [0.25, 0.3) is 11.4 Å². The van der Waals surface area contributed by atoms with Crippen LogP contribution in [0.1, 0.15) is 12.5 Å². The van der Waals surface area contributed by atoms with Gasteiger partial charge in [0.25, 0.3) is 0 Å². The van der Waals surface area contributed by atoms with Gasteiger partial charge in [-0.05, 0) is 36.2 Å². The Morgan fingerprint density at radius 2 is 1.76 bits per heavy atom. The first kappa shape index (κ1) is 24.2. The topological polar surface area (TPSA) is 87.5 Å². The van der Waals surface area contributed by atoms with Crippen LogP contribution < -0.4 is 19.5 Å². The minimum Gasteiger partial charge on any atom is -0.493 e. The first-order valence-corrected chi connectivity index (χ1v) is 11.4. The van der Waals surface area contributed by atoms with Gasteiger partial charge in [0, 0.05) is 17.8 Å². The van der Waals surface area contributed by atoms with E-state index in [1.165, 1.54) is 17.3 Å². The summed E-state index contributed by atoms with van der Waals surface area (Å²) in [5.74, 6) is 2.21. The number of thioether (sulfide) groups is 1. The smallest absolute Gasteiger partial charge is 0.234 e. The van der Waals surface area contributed by atoms with Crippen molar-refractivity contribution in [2.75, 3.05) is 32.4 Å². The quantitative estimate of drug-likeness (QED) is 0.329. The van der Waals surface area contributed by atoms with E-state index < -0.39 is 0 Å². The average molecular weight is 469 g/mol. The molecule has 8 nitrogen and oxygen atoms in total. The van der Waals surface area contributed by atoms with Crippen LogP contribution in [0.5, 0.6) is 17.2 Å². The van der Waals surface area contributed by atoms with Crippen molar-refractivity contribution < 1.29 is 19.0 Å². The Morgan fingerprint density at radius 1 is 1.09 bits per heavy atom. The molecule has 174 valence electrons. The number of carbonyl (C=O) groups is 1. The summed E-state index contributed by atoms with van der Waals surface area (Å²) in [6.07, 6.45) is 2.71. The van der Waals surface area contributed by atoms with Gasteiger partial charge in [0.15, 0.2) is 22.5 Å². The summed E-state index contributed by atoms with van der Waals surface area (Å²) in [6.45, 7) is 6.40. The zero-order valence-electron chi connectivity index (χ0n) is 19.3. The van der Waals surface area contributed by atoms with Crippen molar-refractivity contribution in [3.05, 3.63) is 54.6 Å². The molecule has 0 saturated heterocycles. The molecule has 0 fully saturated rings. The number of ether oxygens (including phenoxy) is 3. The Kier molecular flexibility index (Phi) is 8.37. The van der Waals surface area contributed by atoms with Crippen LogP contribution in [-0.4, -0.2) is 47.8 Å². The van der Waals surface area contributed by atoms with Gasteiger partial charge in [0.05, 0.1) is 27.1 Å². The molecule has 0 aliphatic rings. The molecule has 1 amide bonds. The van der Waals surface area contributed by atoms with E-state index in [9.17, 15) is 4.79 Å². The summed E-state index contributed by atoms with van der Waals surface area (Å²) in [5.41, 5.74) is 2.73. The molecule has 3 rings (SSSR count). The second-order valence-corrected chi connectivity index (χ2v) is 7.95. The minimum absolute atomic E-state index is 0.119. The van der Waals surface area contributed by atoms with E-state index in [4.69, 9.17) is 14.2 Å². The molecule has 1 aromatic heterocycles. The highest BCUT2D eigenvalue weighted by molar-refractivity contribution is 7.99. The number of anilines is 1. The van der Waals surface area contributed by atoms with Crippen molar-refractivity contribution in [1.29, 1.82) is 0 Å². The third-order valence-electron chi connectivity index (χ3n) is 4.93.